The molecule has 1 rings (SSSR count). The van der Waals surface area contributed by atoms with Crippen LogP contribution in [0.3, 0.4) is 0 Å². The van der Waals surface area contributed by atoms with Gasteiger partial charge >= 0.3 is 0 Å². The smallest absolute Gasteiger partial charge is 0.227 e. The monoisotopic (exact) mass is 187 g/mol. The molecule has 7 heteroatoms. The Morgan fingerprint density at radius 2 is 2.50 bits per heavy atom. The normalized spacial score (nSPS) is 10.1. The lowest BCUT2D eigenvalue weighted by molar-refractivity contribution is -0.115. The molecule has 0 aliphatic heterocycles. The molecule has 0 saturated carbocycles. The number of carbonyl (C=O) groups is 1. The van der Waals surface area contributed by atoms with Crippen LogP contribution in [0.5, 0.6) is 0 Å². The summed E-state index contributed by atoms with van der Waals surface area (Å²) < 4.78 is 1.60. The summed E-state index contributed by atoms with van der Waals surface area (Å²) in [6.45, 7) is 2.61. The highest BCUT2D eigenvalue weighted by Crippen LogP contribution is 2.11. The van der Waals surface area contributed by atoms with Crippen molar-refractivity contribution >= 4 is 17.7 Å². The van der Waals surface area contributed by atoms with Crippen molar-refractivity contribution in [3.63, 3.8) is 0 Å². The summed E-state index contributed by atoms with van der Waals surface area (Å²) in [6.07, 6.45) is 0. The molecule has 0 bridgehead atoms. The van der Waals surface area contributed by atoms with Crippen LogP contribution in [0.2, 0.25) is 0 Å². The van der Waals surface area contributed by atoms with Crippen LogP contribution in [0, 0.1) is 0 Å². The molecule has 0 fully saturated rings. The van der Waals surface area contributed by atoms with E-state index >= 15 is 0 Å². The highest BCUT2D eigenvalue weighted by Gasteiger charge is 2.05. The first-order valence-electron chi connectivity index (χ1n) is 3.41. The van der Waals surface area contributed by atoms with E-state index in [0.717, 1.165) is 0 Å². The SMILES string of the molecule is CCn1nnnc1SCC(N)=O. The van der Waals surface area contributed by atoms with Crippen LogP contribution in [0.25, 0.3) is 0 Å². The molecule has 0 saturated heterocycles. The van der Waals surface area contributed by atoms with Crippen LogP contribution in [0.1, 0.15) is 6.92 Å². The second-order valence-electron chi connectivity index (χ2n) is 2.03. The Morgan fingerprint density at radius 1 is 1.75 bits per heavy atom. The first-order chi connectivity index (χ1) is 5.74. The lowest BCUT2D eigenvalue weighted by Crippen LogP contribution is -2.13. The average molecular weight is 187 g/mol. The summed E-state index contributed by atoms with van der Waals surface area (Å²) in [4.78, 5) is 10.4. The summed E-state index contributed by atoms with van der Waals surface area (Å²) in [7, 11) is 0. The molecule has 0 aromatic carbocycles. The van der Waals surface area contributed by atoms with Crippen LogP contribution in [0.15, 0.2) is 5.16 Å². The third kappa shape index (κ3) is 2.19. The molecule has 2 N–H and O–H groups in total. The Kier molecular flexibility index (Phi) is 3.03. The Labute approximate surface area is 73.5 Å². The van der Waals surface area contributed by atoms with Crippen molar-refractivity contribution in [1.29, 1.82) is 0 Å². The minimum atomic E-state index is -0.370. The van der Waals surface area contributed by atoms with Gasteiger partial charge in [0.05, 0.1) is 5.75 Å². The van der Waals surface area contributed by atoms with Crippen LogP contribution in [-0.4, -0.2) is 31.9 Å². The molecule has 1 aromatic rings. The van der Waals surface area contributed by atoms with Gasteiger partial charge in [-0.15, -0.1) is 5.10 Å². The molecule has 0 spiro atoms. The molecule has 1 amide bonds. The predicted molar refractivity (Wildman–Crippen MR) is 43.4 cm³/mol. The maximum absolute atomic E-state index is 10.4. The number of tetrazole rings is 1. The van der Waals surface area contributed by atoms with Crippen molar-refractivity contribution < 1.29 is 4.79 Å². The summed E-state index contributed by atoms with van der Waals surface area (Å²) in [6, 6.07) is 0. The van der Waals surface area contributed by atoms with E-state index in [1.165, 1.54) is 11.8 Å². The number of primary amides is 1. The van der Waals surface area contributed by atoms with Gasteiger partial charge in [0.15, 0.2) is 0 Å². The van der Waals surface area contributed by atoms with E-state index in [0.29, 0.717) is 11.7 Å². The molecule has 0 aliphatic rings. The first-order valence-corrected chi connectivity index (χ1v) is 4.40. The van der Waals surface area contributed by atoms with Gasteiger partial charge < -0.3 is 5.73 Å². The molecular weight excluding hydrogens is 178 g/mol. The lowest BCUT2D eigenvalue weighted by Gasteiger charge is -1.97. The van der Waals surface area contributed by atoms with E-state index in [4.69, 9.17) is 5.73 Å². The summed E-state index contributed by atoms with van der Waals surface area (Å²) in [5, 5.41) is 11.5. The van der Waals surface area contributed by atoms with E-state index in [2.05, 4.69) is 15.5 Å². The van der Waals surface area contributed by atoms with Gasteiger partial charge in [0, 0.05) is 6.54 Å². The number of hydrogen-bond donors (Lipinski definition) is 1. The molecule has 6 nitrogen and oxygen atoms in total. The van der Waals surface area contributed by atoms with Gasteiger partial charge in [0.2, 0.25) is 11.1 Å². The summed E-state index contributed by atoms with van der Waals surface area (Å²) in [5.41, 5.74) is 4.96. The van der Waals surface area contributed by atoms with Gasteiger partial charge in [-0.3, -0.25) is 4.79 Å². The van der Waals surface area contributed by atoms with Gasteiger partial charge in [-0.2, -0.15) is 0 Å². The fourth-order valence-corrected chi connectivity index (χ4v) is 1.31. The van der Waals surface area contributed by atoms with Crippen molar-refractivity contribution in [2.24, 2.45) is 5.73 Å². The van der Waals surface area contributed by atoms with Crippen molar-refractivity contribution in [2.45, 2.75) is 18.6 Å². The number of aryl methyl sites for hydroxylation is 1. The fraction of sp³-hybridized carbons (Fsp3) is 0.600. The van der Waals surface area contributed by atoms with Crippen LogP contribution < -0.4 is 5.73 Å². The molecule has 0 aliphatic carbocycles. The van der Waals surface area contributed by atoms with Crippen LogP contribution >= 0.6 is 11.8 Å². The Balaban J connectivity index is 2.56. The number of nitrogens with two attached hydrogens (primary N) is 1. The zero-order valence-electron chi connectivity index (χ0n) is 6.60. The minimum absolute atomic E-state index is 0.209. The first kappa shape index (κ1) is 8.98. The molecule has 1 heterocycles. The number of nitrogens with zero attached hydrogens (tertiary/aromatic N) is 4. The number of amides is 1. The average Bonchev–Trinajstić information content (AvgIpc) is 2.47. The largest absolute Gasteiger partial charge is 0.369 e. The molecule has 0 unspecified atom stereocenters. The van der Waals surface area contributed by atoms with E-state index in [-0.39, 0.29) is 11.7 Å². The van der Waals surface area contributed by atoms with E-state index in [1.807, 2.05) is 6.92 Å². The van der Waals surface area contributed by atoms with Crippen LogP contribution in [-0.2, 0) is 11.3 Å². The van der Waals surface area contributed by atoms with Gasteiger partial charge in [-0.1, -0.05) is 11.8 Å². The van der Waals surface area contributed by atoms with E-state index < -0.39 is 0 Å². The Hall–Kier alpha value is -1.11. The fourth-order valence-electron chi connectivity index (χ4n) is 0.634. The maximum atomic E-state index is 10.4. The molecule has 12 heavy (non-hydrogen) atoms. The third-order valence-electron chi connectivity index (χ3n) is 1.14. The summed E-state index contributed by atoms with van der Waals surface area (Å²) in [5.74, 6) is -0.161. The van der Waals surface area contributed by atoms with E-state index in [9.17, 15) is 4.79 Å². The maximum Gasteiger partial charge on any atom is 0.227 e. The lowest BCUT2D eigenvalue weighted by atomic mass is 10.8. The molecule has 0 atom stereocenters. The zero-order chi connectivity index (χ0) is 8.97. The second kappa shape index (κ2) is 4.05. The molecule has 66 valence electrons. The number of hydrogen-bond acceptors (Lipinski definition) is 5. The second-order valence-corrected chi connectivity index (χ2v) is 2.97. The zero-order valence-corrected chi connectivity index (χ0v) is 7.41. The van der Waals surface area contributed by atoms with Gasteiger partial charge in [-0.25, -0.2) is 4.68 Å². The van der Waals surface area contributed by atoms with Gasteiger partial charge in [-0.05, 0) is 17.4 Å². The number of carbonyl (C=O) groups excluding carboxylic acids is 1. The van der Waals surface area contributed by atoms with Crippen LogP contribution in [0.4, 0.5) is 0 Å². The number of aromatic nitrogens is 4. The van der Waals surface area contributed by atoms with Crippen molar-refractivity contribution in [1.82, 2.24) is 20.2 Å². The van der Waals surface area contributed by atoms with Gasteiger partial charge in [0.1, 0.15) is 0 Å². The van der Waals surface area contributed by atoms with E-state index in [1.54, 1.807) is 4.68 Å². The van der Waals surface area contributed by atoms with Crippen molar-refractivity contribution in [3.8, 4) is 0 Å². The third-order valence-corrected chi connectivity index (χ3v) is 2.12. The van der Waals surface area contributed by atoms with Crippen molar-refractivity contribution in [2.75, 3.05) is 5.75 Å². The number of thioether (sulfide) groups is 1. The van der Waals surface area contributed by atoms with Crippen molar-refractivity contribution in [3.05, 3.63) is 0 Å². The highest BCUT2D eigenvalue weighted by atomic mass is 32.2. The van der Waals surface area contributed by atoms with Gasteiger partial charge in [0.25, 0.3) is 0 Å². The number of rotatable bonds is 4. The molecule has 1 aromatic heterocycles. The Bertz CT molecular complexity index is 273. The molecule has 0 radical (unpaired) electrons. The summed E-state index contributed by atoms with van der Waals surface area (Å²) >= 11 is 1.24. The standard InChI is InChI=1S/C5H9N5OS/c1-2-10-5(7-8-9-10)12-3-4(6)11/h2-3H2,1H3,(H2,6,11). The topological polar surface area (TPSA) is 86.7 Å². The predicted octanol–water partition coefficient (Wildman–Crippen LogP) is -0.730. The highest BCUT2D eigenvalue weighted by molar-refractivity contribution is 7.99. The molecular formula is C5H9N5OS. The minimum Gasteiger partial charge on any atom is -0.369 e. The Morgan fingerprint density at radius 3 is 3.08 bits per heavy atom. The quantitative estimate of drug-likeness (QED) is 0.628.